The second-order valence-electron chi connectivity index (χ2n) is 4.48. The number of hydrogen-bond donors (Lipinski definition) is 1. The van der Waals surface area contributed by atoms with Gasteiger partial charge in [0, 0.05) is 0 Å². The van der Waals surface area contributed by atoms with E-state index >= 15 is 0 Å². The number of nitrogens with zero attached hydrogens (tertiary/aromatic N) is 2. The largest absolute Gasteiger partial charge is 0.464 e. The number of hydrogen-bond acceptors (Lipinski definition) is 4. The molecule has 0 aliphatic carbocycles. The summed E-state index contributed by atoms with van der Waals surface area (Å²) in [5, 5.41) is 0. The number of aromatic nitrogens is 2. The number of rotatable bonds is 3. The lowest BCUT2D eigenvalue weighted by Crippen LogP contribution is -2.13. The van der Waals surface area contributed by atoms with Crippen LogP contribution in [0.5, 0.6) is 0 Å². The third-order valence-corrected chi connectivity index (χ3v) is 3.24. The first-order valence-electron chi connectivity index (χ1n) is 6.13. The van der Waals surface area contributed by atoms with Crippen molar-refractivity contribution < 1.29 is 13.9 Å². The fourth-order valence-electron chi connectivity index (χ4n) is 2.19. The van der Waals surface area contributed by atoms with Crippen molar-refractivity contribution in [2.45, 2.75) is 19.9 Å². The standard InChI is InChI=1S/C14H16FN3O2/c1-8(10-4-6-11(15)7-5-10)18-9(2)17-12(13(18)16)14(19)20-3/h4-8H,16H2,1-3H3. The summed E-state index contributed by atoms with van der Waals surface area (Å²) in [5.41, 5.74) is 6.94. The highest BCUT2D eigenvalue weighted by atomic mass is 19.1. The van der Waals surface area contributed by atoms with E-state index in [1.807, 2.05) is 6.92 Å². The van der Waals surface area contributed by atoms with E-state index in [-0.39, 0.29) is 23.4 Å². The molecule has 5 nitrogen and oxygen atoms in total. The van der Waals surface area contributed by atoms with Crippen LogP contribution < -0.4 is 5.73 Å². The Hall–Kier alpha value is -2.37. The van der Waals surface area contributed by atoms with Crippen molar-refractivity contribution in [3.8, 4) is 0 Å². The first kappa shape index (κ1) is 14.0. The van der Waals surface area contributed by atoms with Gasteiger partial charge in [-0.3, -0.25) is 0 Å². The molecule has 20 heavy (non-hydrogen) atoms. The minimum absolute atomic E-state index is 0.0963. The second kappa shape index (κ2) is 5.32. The summed E-state index contributed by atoms with van der Waals surface area (Å²) in [4.78, 5) is 15.7. The summed E-state index contributed by atoms with van der Waals surface area (Å²) in [6.45, 7) is 3.65. The van der Waals surface area contributed by atoms with Gasteiger partial charge in [0.15, 0.2) is 5.69 Å². The molecule has 1 unspecified atom stereocenters. The second-order valence-corrected chi connectivity index (χ2v) is 4.48. The summed E-state index contributed by atoms with van der Waals surface area (Å²) in [7, 11) is 1.28. The third-order valence-electron chi connectivity index (χ3n) is 3.24. The zero-order valence-corrected chi connectivity index (χ0v) is 11.6. The van der Waals surface area contributed by atoms with Crippen LogP contribution in [0.3, 0.4) is 0 Å². The van der Waals surface area contributed by atoms with Gasteiger partial charge in [-0.05, 0) is 31.5 Å². The normalized spacial score (nSPS) is 12.2. The van der Waals surface area contributed by atoms with Crippen LogP contribution in [0.25, 0.3) is 0 Å². The monoisotopic (exact) mass is 277 g/mol. The molecule has 1 aromatic carbocycles. The highest BCUT2D eigenvalue weighted by Crippen LogP contribution is 2.26. The van der Waals surface area contributed by atoms with Crippen LogP contribution in [0.1, 0.15) is 34.8 Å². The van der Waals surface area contributed by atoms with Gasteiger partial charge >= 0.3 is 5.97 Å². The van der Waals surface area contributed by atoms with E-state index in [1.54, 1.807) is 23.6 Å². The molecule has 106 valence electrons. The molecule has 1 heterocycles. The molecule has 0 saturated heterocycles. The summed E-state index contributed by atoms with van der Waals surface area (Å²) >= 11 is 0. The van der Waals surface area contributed by atoms with Crippen LogP contribution in [-0.2, 0) is 4.74 Å². The van der Waals surface area contributed by atoms with E-state index in [9.17, 15) is 9.18 Å². The highest BCUT2D eigenvalue weighted by molar-refractivity contribution is 5.92. The van der Waals surface area contributed by atoms with E-state index in [1.165, 1.54) is 19.2 Å². The fraction of sp³-hybridized carbons (Fsp3) is 0.286. The Bertz CT molecular complexity index is 635. The van der Waals surface area contributed by atoms with Crippen molar-refractivity contribution in [2.24, 2.45) is 0 Å². The Kier molecular flexibility index (Phi) is 3.74. The zero-order chi connectivity index (χ0) is 14.9. The number of benzene rings is 1. The molecule has 0 aliphatic rings. The van der Waals surface area contributed by atoms with Crippen molar-refractivity contribution >= 4 is 11.8 Å². The number of carbonyl (C=O) groups is 1. The van der Waals surface area contributed by atoms with Crippen LogP contribution >= 0.6 is 0 Å². The number of aryl methyl sites for hydroxylation is 1. The third kappa shape index (κ3) is 2.36. The van der Waals surface area contributed by atoms with Gasteiger partial charge in [0.05, 0.1) is 13.2 Å². The van der Waals surface area contributed by atoms with E-state index in [0.29, 0.717) is 5.82 Å². The van der Waals surface area contributed by atoms with Crippen LogP contribution in [0.4, 0.5) is 10.2 Å². The van der Waals surface area contributed by atoms with Crippen LogP contribution in [0, 0.1) is 12.7 Å². The van der Waals surface area contributed by atoms with Crippen molar-refractivity contribution in [1.29, 1.82) is 0 Å². The zero-order valence-electron chi connectivity index (χ0n) is 11.6. The van der Waals surface area contributed by atoms with Gasteiger partial charge in [0.1, 0.15) is 17.5 Å². The van der Waals surface area contributed by atoms with E-state index in [0.717, 1.165) is 5.56 Å². The van der Waals surface area contributed by atoms with Crippen molar-refractivity contribution in [3.63, 3.8) is 0 Å². The Labute approximate surface area is 116 Å². The molecule has 2 N–H and O–H groups in total. The Morgan fingerprint density at radius 2 is 2.00 bits per heavy atom. The molecule has 1 aromatic heterocycles. The molecule has 0 bridgehead atoms. The number of nitrogens with two attached hydrogens (primary N) is 1. The minimum Gasteiger partial charge on any atom is -0.464 e. The smallest absolute Gasteiger partial charge is 0.360 e. The molecular weight excluding hydrogens is 261 g/mol. The Morgan fingerprint density at radius 1 is 1.40 bits per heavy atom. The molecule has 0 aliphatic heterocycles. The summed E-state index contributed by atoms with van der Waals surface area (Å²) in [6.07, 6.45) is 0. The first-order valence-corrected chi connectivity index (χ1v) is 6.13. The molecular formula is C14H16FN3O2. The number of nitrogen functional groups attached to an aromatic ring is 1. The Morgan fingerprint density at radius 3 is 2.55 bits per heavy atom. The van der Waals surface area contributed by atoms with Crippen LogP contribution in [0.15, 0.2) is 24.3 Å². The van der Waals surface area contributed by atoms with Crippen molar-refractivity contribution in [3.05, 3.63) is 47.2 Å². The number of ether oxygens (including phenoxy) is 1. The lowest BCUT2D eigenvalue weighted by molar-refractivity contribution is 0.0595. The molecule has 2 aromatic rings. The predicted octanol–water partition coefficient (Wildman–Crippen LogP) is 2.31. The Balaban J connectivity index is 2.44. The highest BCUT2D eigenvalue weighted by Gasteiger charge is 2.22. The lowest BCUT2D eigenvalue weighted by Gasteiger charge is -2.17. The number of methoxy groups -OCH3 is 1. The molecule has 2 rings (SSSR count). The predicted molar refractivity (Wildman–Crippen MR) is 72.9 cm³/mol. The van der Waals surface area contributed by atoms with Crippen LogP contribution in [0.2, 0.25) is 0 Å². The van der Waals surface area contributed by atoms with Crippen molar-refractivity contribution in [1.82, 2.24) is 9.55 Å². The van der Waals surface area contributed by atoms with Crippen LogP contribution in [-0.4, -0.2) is 22.6 Å². The SMILES string of the molecule is COC(=O)c1nc(C)n(C(C)c2ccc(F)cc2)c1N. The summed E-state index contributed by atoms with van der Waals surface area (Å²) < 4.78 is 19.3. The number of imidazole rings is 1. The molecule has 0 saturated carbocycles. The first-order chi connectivity index (χ1) is 9.45. The molecule has 6 heteroatoms. The van der Waals surface area contributed by atoms with Gasteiger partial charge in [-0.2, -0.15) is 0 Å². The summed E-state index contributed by atoms with van der Waals surface area (Å²) in [6, 6.07) is 5.96. The van der Waals surface area contributed by atoms with Gasteiger partial charge in [0.25, 0.3) is 0 Å². The molecule has 0 radical (unpaired) electrons. The number of halogens is 1. The number of carbonyl (C=O) groups excluding carboxylic acids is 1. The topological polar surface area (TPSA) is 70.1 Å². The van der Waals surface area contributed by atoms with Gasteiger partial charge in [0.2, 0.25) is 0 Å². The van der Waals surface area contributed by atoms with E-state index < -0.39 is 5.97 Å². The molecule has 0 fully saturated rings. The number of esters is 1. The average molecular weight is 277 g/mol. The maximum atomic E-state index is 13.0. The fourth-order valence-corrected chi connectivity index (χ4v) is 2.19. The average Bonchev–Trinajstić information content (AvgIpc) is 2.73. The minimum atomic E-state index is -0.573. The molecule has 0 spiro atoms. The maximum absolute atomic E-state index is 13.0. The van der Waals surface area contributed by atoms with Gasteiger partial charge < -0.3 is 15.0 Å². The summed E-state index contributed by atoms with van der Waals surface area (Å²) in [5.74, 6) is -0.0342. The van der Waals surface area contributed by atoms with Gasteiger partial charge in [-0.1, -0.05) is 12.1 Å². The van der Waals surface area contributed by atoms with E-state index in [2.05, 4.69) is 9.72 Å². The van der Waals surface area contributed by atoms with Crippen molar-refractivity contribution in [2.75, 3.05) is 12.8 Å². The maximum Gasteiger partial charge on any atom is 0.360 e. The quantitative estimate of drug-likeness (QED) is 0.874. The van der Waals surface area contributed by atoms with Gasteiger partial charge in [-0.25, -0.2) is 14.2 Å². The van der Waals surface area contributed by atoms with Gasteiger partial charge in [-0.15, -0.1) is 0 Å². The number of anilines is 1. The lowest BCUT2D eigenvalue weighted by atomic mass is 10.1. The molecule has 0 amide bonds. The molecule has 1 atom stereocenters. The van der Waals surface area contributed by atoms with E-state index in [4.69, 9.17) is 5.73 Å².